The van der Waals surface area contributed by atoms with E-state index in [9.17, 15) is 14.0 Å². The molecule has 6 N–H and O–H groups in total. The second-order valence-corrected chi connectivity index (χ2v) is 4.79. The number of aliphatic carboxylic acids is 1. The van der Waals surface area contributed by atoms with E-state index in [1.54, 1.807) is 0 Å². The first-order valence-electron chi connectivity index (χ1n) is 7.30. The van der Waals surface area contributed by atoms with E-state index >= 15 is 0 Å². The highest BCUT2D eigenvalue weighted by Crippen LogP contribution is 2.35. The van der Waals surface area contributed by atoms with E-state index in [4.69, 9.17) is 21.3 Å². The predicted molar refractivity (Wildman–Crippen MR) is 86.5 cm³/mol. The minimum Gasteiger partial charge on any atom is -0.491 e. The van der Waals surface area contributed by atoms with Gasteiger partial charge in [0.2, 0.25) is 0 Å². The van der Waals surface area contributed by atoms with Crippen molar-refractivity contribution in [3.8, 4) is 5.75 Å². The fourth-order valence-electron chi connectivity index (χ4n) is 2.39. The number of H-pyrrole nitrogens is 1. The minimum absolute atomic E-state index is 0.0698. The number of amides is 1. The van der Waals surface area contributed by atoms with E-state index in [0.717, 1.165) is 0 Å². The van der Waals surface area contributed by atoms with Gasteiger partial charge in [0.25, 0.3) is 5.91 Å². The Morgan fingerprint density at radius 3 is 2.46 bits per heavy atom. The number of carboxylic acids is 1. The number of nitrogens with one attached hydrogen (secondary N) is 1. The Kier molecular flexibility index (Phi) is 6.24. The number of aromatic nitrogens is 2. The number of hydrogen-bond donors (Lipinski definition) is 4. The van der Waals surface area contributed by atoms with Crippen LogP contribution in [0.4, 0.5) is 4.39 Å². The number of carbonyl (C=O) groups is 2. The molecule has 0 aliphatic rings. The molecule has 0 fully saturated rings. The van der Waals surface area contributed by atoms with Gasteiger partial charge in [0.1, 0.15) is 11.6 Å². The van der Waals surface area contributed by atoms with Gasteiger partial charge in [0, 0.05) is 17.5 Å². The quantitative estimate of drug-likeness (QED) is 0.641. The van der Waals surface area contributed by atoms with Crippen LogP contribution in [0.5, 0.6) is 5.75 Å². The average molecular weight is 340 g/mol. The Balaban J connectivity index is 0.00000139. The second-order valence-electron chi connectivity index (χ2n) is 4.79. The van der Waals surface area contributed by atoms with Gasteiger partial charge in [0.15, 0.2) is 11.6 Å². The van der Waals surface area contributed by atoms with Gasteiger partial charge in [0.05, 0.1) is 12.7 Å². The van der Waals surface area contributed by atoms with Crippen molar-refractivity contribution in [2.24, 2.45) is 11.5 Å². The van der Waals surface area contributed by atoms with E-state index < -0.39 is 23.7 Å². The molecule has 2 rings (SSSR count). The predicted octanol–water partition coefficient (Wildman–Crippen LogP) is 1.10. The van der Waals surface area contributed by atoms with E-state index in [-0.39, 0.29) is 28.8 Å². The number of rotatable bonds is 5. The van der Waals surface area contributed by atoms with E-state index in [0.29, 0.717) is 11.1 Å². The Bertz CT molecular complexity index is 773. The molecule has 0 aliphatic heterocycles. The summed E-state index contributed by atoms with van der Waals surface area (Å²) in [6.45, 7) is 5.50. The molecule has 0 spiro atoms. The maximum absolute atomic E-state index is 14.3. The molecule has 1 heterocycles. The van der Waals surface area contributed by atoms with Crippen LogP contribution >= 0.6 is 0 Å². The number of fused-ring (bicyclic) bond motifs is 1. The zero-order chi connectivity index (χ0) is 18.6. The fourth-order valence-corrected chi connectivity index (χ4v) is 2.39. The summed E-state index contributed by atoms with van der Waals surface area (Å²) in [5.41, 5.74) is 11.2. The highest BCUT2D eigenvalue weighted by molar-refractivity contribution is 6.03. The molecule has 0 saturated heterocycles. The largest absolute Gasteiger partial charge is 0.491 e. The van der Waals surface area contributed by atoms with Gasteiger partial charge in [-0.05, 0) is 12.5 Å². The molecule has 8 nitrogen and oxygen atoms in total. The zero-order valence-electron chi connectivity index (χ0n) is 13.9. The average Bonchev–Trinajstić information content (AvgIpc) is 2.93. The summed E-state index contributed by atoms with van der Waals surface area (Å²) in [6.07, 6.45) is -0.0698. The molecular formula is C15H21FN4O4. The lowest BCUT2D eigenvalue weighted by Gasteiger charge is -2.11. The summed E-state index contributed by atoms with van der Waals surface area (Å²) < 4.78 is 19.3. The summed E-state index contributed by atoms with van der Waals surface area (Å²) in [5, 5.41) is 15.8. The molecule has 0 aliphatic carbocycles. The molecule has 2 aromatic rings. The third-order valence-electron chi connectivity index (χ3n) is 3.42. The van der Waals surface area contributed by atoms with Gasteiger partial charge in [-0.25, -0.2) is 4.39 Å². The van der Waals surface area contributed by atoms with Gasteiger partial charge >= 0.3 is 5.97 Å². The van der Waals surface area contributed by atoms with Gasteiger partial charge in [-0.1, -0.05) is 13.8 Å². The van der Waals surface area contributed by atoms with Gasteiger partial charge in [-0.3, -0.25) is 14.7 Å². The van der Waals surface area contributed by atoms with Gasteiger partial charge in [-0.2, -0.15) is 5.10 Å². The second kappa shape index (κ2) is 7.73. The van der Waals surface area contributed by atoms with E-state index in [1.807, 2.05) is 13.8 Å². The number of carboxylic acid groups (broad SMARTS) is 1. The van der Waals surface area contributed by atoms with Crippen molar-refractivity contribution in [2.45, 2.75) is 33.2 Å². The number of halogens is 1. The number of primary amides is 1. The molecule has 1 aromatic heterocycles. The van der Waals surface area contributed by atoms with Crippen molar-refractivity contribution < 1.29 is 23.8 Å². The molecule has 0 radical (unpaired) electrons. The highest BCUT2D eigenvalue weighted by atomic mass is 19.1. The lowest BCUT2D eigenvalue weighted by atomic mass is 9.98. The standard InChI is InChI=1S/C13H15FN4O4.C2H6/c1-4-7-6(3-5(15)13(20)21)17-18-10(7)11(22-2)9(14)8(4)12(16)19;1-2/h5H,3,15H2,1-2H3,(H2,16,19)(H,17,18)(H,20,21);1-2H3. The summed E-state index contributed by atoms with van der Waals surface area (Å²) in [6, 6.07) is -1.17. The summed E-state index contributed by atoms with van der Waals surface area (Å²) in [5.74, 6) is -3.28. The zero-order valence-corrected chi connectivity index (χ0v) is 13.9. The first-order valence-corrected chi connectivity index (χ1v) is 7.30. The van der Waals surface area contributed by atoms with Crippen LogP contribution in [0.3, 0.4) is 0 Å². The number of methoxy groups -OCH3 is 1. The number of nitrogens with two attached hydrogens (primary N) is 2. The number of aromatic amines is 1. The summed E-state index contributed by atoms with van der Waals surface area (Å²) >= 11 is 0. The van der Waals surface area contributed by atoms with Crippen molar-refractivity contribution in [3.63, 3.8) is 0 Å². The monoisotopic (exact) mass is 340 g/mol. The summed E-state index contributed by atoms with van der Waals surface area (Å²) in [4.78, 5) is 22.4. The Labute approximate surface area is 138 Å². The van der Waals surface area contributed by atoms with Crippen molar-refractivity contribution in [1.29, 1.82) is 0 Å². The number of ether oxygens (including phenoxy) is 1. The van der Waals surface area contributed by atoms with Crippen LogP contribution < -0.4 is 16.2 Å². The van der Waals surface area contributed by atoms with Crippen LogP contribution in [0, 0.1) is 12.7 Å². The summed E-state index contributed by atoms with van der Waals surface area (Å²) in [7, 11) is 1.23. The molecule has 1 atom stereocenters. The first-order chi connectivity index (χ1) is 11.3. The topological polar surface area (TPSA) is 144 Å². The molecule has 24 heavy (non-hydrogen) atoms. The Hall–Kier alpha value is -2.68. The van der Waals surface area contributed by atoms with Crippen molar-refractivity contribution >= 4 is 22.8 Å². The normalized spacial score (nSPS) is 11.6. The maximum Gasteiger partial charge on any atom is 0.320 e. The Morgan fingerprint density at radius 1 is 1.42 bits per heavy atom. The van der Waals surface area contributed by atoms with Crippen molar-refractivity contribution in [1.82, 2.24) is 10.2 Å². The van der Waals surface area contributed by atoms with Crippen LogP contribution in [-0.2, 0) is 11.2 Å². The number of aryl methyl sites for hydroxylation is 1. The van der Waals surface area contributed by atoms with Crippen LogP contribution in [0.25, 0.3) is 10.9 Å². The third-order valence-corrected chi connectivity index (χ3v) is 3.42. The van der Waals surface area contributed by atoms with E-state index in [1.165, 1.54) is 14.0 Å². The minimum atomic E-state index is -1.19. The lowest BCUT2D eigenvalue weighted by molar-refractivity contribution is -0.138. The molecule has 0 bridgehead atoms. The van der Waals surface area contributed by atoms with Crippen molar-refractivity contribution in [3.05, 3.63) is 22.6 Å². The molecule has 9 heteroatoms. The highest BCUT2D eigenvalue weighted by Gasteiger charge is 2.26. The molecule has 0 saturated carbocycles. The van der Waals surface area contributed by atoms with E-state index in [2.05, 4.69) is 10.2 Å². The molecular weight excluding hydrogens is 319 g/mol. The molecule has 1 unspecified atom stereocenters. The number of carbonyl (C=O) groups excluding carboxylic acids is 1. The Morgan fingerprint density at radius 2 is 2.00 bits per heavy atom. The van der Waals surface area contributed by atoms with Crippen LogP contribution in [0.1, 0.15) is 35.5 Å². The van der Waals surface area contributed by atoms with Crippen LogP contribution in [0.15, 0.2) is 0 Å². The molecule has 1 aromatic carbocycles. The maximum atomic E-state index is 14.3. The number of benzene rings is 1. The van der Waals surface area contributed by atoms with Gasteiger partial charge < -0.3 is 21.3 Å². The molecule has 1 amide bonds. The smallest absolute Gasteiger partial charge is 0.320 e. The lowest BCUT2D eigenvalue weighted by Crippen LogP contribution is -2.32. The molecule has 132 valence electrons. The van der Waals surface area contributed by atoms with Crippen molar-refractivity contribution in [2.75, 3.05) is 7.11 Å². The fraction of sp³-hybridized carbons (Fsp3) is 0.400. The van der Waals surface area contributed by atoms with Crippen LogP contribution in [-0.4, -0.2) is 40.3 Å². The first kappa shape index (κ1) is 19.4. The van der Waals surface area contributed by atoms with Gasteiger partial charge in [-0.15, -0.1) is 0 Å². The number of nitrogens with zero attached hydrogens (tertiary/aromatic N) is 1. The van der Waals surface area contributed by atoms with Crippen LogP contribution in [0.2, 0.25) is 0 Å². The number of hydrogen-bond acceptors (Lipinski definition) is 5. The third kappa shape index (κ3) is 3.30. The SMILES string of the molecule is CC.COc1c(F)c(C(N)=O)c(C)c2c(CC(N)C(=O)O)[nH]nc12.